The van der Waals surface area contributed by atoms with E-state index >= 15 is 0 Å². The second-order valence-corrected chi connectivity index (χ2v) is 9.83. The van der Waals surface area contributed by atoms with Crippen LogP contribution in [0.15, 0.2) is 59.6 Å². The Morgan fingerprint density at radius 3 is 2.47 bits per heavy atom. The molecule has 0 bridgehead atoms. The third-order valence-electron chi connectivity index (χ3n) is 5.72. The second-order valence-electron chi connectivity index (χ2n) is 8.11. The van der Waals surface area contributed by atoms with Gasteiger partial charge in [0.15, 0.2) is 0 Å². The van der Waals surface area contributed by atoms with Crippen LogP contribution in [0.25, 0.3) is 10.9 Å². The van der Waals surface area contributed by atoms with Crippen molar-refractivity contribution < 1.29 is 18.0 Å². The number of para-hydroxylation sites is 1. The number of sulfonamides is 1. The van der Waals surface area contributed by atoms with Crippen LogP contribution < -0.4 is 10.0 Å². The SMILES string of the molecule is CCC(C)[C@H](NS(=O)(=O)c1ccc(C)cc1)C(=O)N[C@H](C=O)Cc1c[nH]c2ccccc12. The van der Waals surface area contributed by atoms with E-state index in [4.69, 9.17) is 0 Å². The molecular formula is C24H29N3O4S. The van der Waals surface area contributed by atoms with Gasteiger partial charge in [-0.3, -0.25) is 4.79 Å². The Labute approximate surface area is 188 Å². The number of hydrogen-bond donors (Lipinski definition) is 3. The van der Waals surface area contributed by atoms with Crippen molar-refractivity contribution in [1.82, 2.24) is 15.0 Å². The molecule has 0 spiro atoms. The van der Waals surface area contributed by atoms with Crippen molar-refractivity contribution in [3.05, 3.63) is 65.9 Å². The Morgan fingerprint density at radius 1 is 1.12 bits per heavy atom. The average molecular weight is 456 g/mol. The predicted molar refractivity (Wildman–Crippen MR) is 125 cm³/mol. The lowest BCUT2D eigenvalue weighted by atomic mass is 9.98. The first kappa shape index (κ1) is 23.7. The minimum absolute atomic E-state index is 0.0925. The van der Waals surface area contributed by atoms with Crippen LogP contribution in [0.5, 0.6) is 0 Å². The van der Waals surface area contributed by atoms with Gasteiger partial charge in [-0.25, -0.2) is 8.42 Å². The van der Waals surface area contributed by atoms with E-state index in [0.717, 1.165) is 22.0 Å². The van der Waals surface area contributed by atoms with Gasteiger partial charge in [0.1, 0.15) is 12.3 Å². The standard InChI is InChI=1S/C24H29N3O4S/c1-4-17(3)23(27-32(30,31)20-11-9-16(2)10-12-20)24(29)26-19(15-28)13-18-14-25-22-8-6-5-7-21(18)22/h5-12,14-15,17,19,23,25,27H,4,13H2,1-3H3,(H,26,29)/t17?,19-,23-/m0/s1. The van der Waals surface area contributed by atoms with E-state index in [1.165, 1.54) is 12.1 Å². The van der Waals surface area contributed by atoms with Gasteiger partial charge in [0.2, 0.25) is 15.9 Å². The molecule has 2 aromatic carbocycles. The highest BCUT2D eigenvalue weighted by Gasteiger charge is 2.31. The number of fused-ring (bicyclic) bond motifs is 1. The number of hydrogen-bond acceptors (Lipinski definition) is 4. The van der Waals surface area contributed by atoms with Crippen LogP contribution in [0.1, 0.15) is 31.4 Å². The molecule has 0 fully saturated rings. The van der Waals surface area contributed by atoms with E-state index in [0.29, 0.717) is 19.1 Å². The lowest BCUT2D eigenvalue weighted by molar-refractivity contribution is -0.126. The fourth-order valence-corrected chi connectivity index (χ4v) is 4.86. The zero-order chi connectivity index (χ0) is 23.3. The Bertz CT molecular complexity index is 1190. The number of amides is 1. The largest absolute Gasteiger partial charge is 0.361 e. The average Bonchev–Trinajstić information content (AvgIpc) is 3.19. The van der Waals surface area contributed by atoms with Gasteiger partial charge in [-0.15, -0.1) is 0 Å². The molecule has 0 aliphatic carbocycles. The van der Waals surface area contributed by atoms with Crippen molar-refractivity contribution in [2.24, 2.45) is 5.92 Å². The predicted octanol–water partition coefficient (Wildman–Crippen LogP) is 3.10. The molecule has 7 nitrogen and oxygen atoms in total. The van der Waals surface area contributed by atoms with Gasteiger partial charge in [-0.2, -0.15) is 4.72 Å². The van der Waals surface area contributed by atoms with Gasteiger partial charge in [-0.1, -0.05) is 56.2 Å². The molecule has 0 radical (unpaired) electrons. The summed E-state index contributed by atoms with van der Waals surface area (Å²) in [6.45, 7) is 5.55. The highest BCUT2D eigenvalue weighted by molar-refractivity contribution is 7.89. The molecule has 3 atom stereocenters. The lowest BCUT2D eigenvalue weighted by Gasteiger charge is -2.25. The van der Waals surface area contributed by atoms with Gasteiger partial charge in [0.25, 0.3) is 0 Å². The normalized spacial score (nSPS) is 14.6. The monoisotopic (exact) mass is 455 g/mol. The lowest BCUT2D eigenvalue weighted by Crippen LogP contribution is -2.53. The first-order valence-corrected chi connectivity index (χ1v) is 12.1. The Hall–Kier alpha value is -2.97. The van der Waals surface area contributed by atoms with E-state index in [2.05, 4.69) is 15.0 Å². The molecule has 3 N–H and O–H groups in total. The number of carbonyl (C=O) groups excluding carboxylic acids is 2. The van der Waals surface area contributed by atoms with E-state index in [1.807, 2.05) is 44.3 Å². The summed E-state index contributed by atoms with van der Waals surface area (Å²) in [5.41, 5.74) is 2.78. The van der Waals surface area contributed by atoms with Gasteiger partial charge in [-0.05, 0) is 36.6 Å². The van der Waals surface area contributed by atoms with Crippen LogP contribution in [0.3, 0.4) is 0 Å². The summed E-state index contributed by atoms with van der Waals surface area (Å²) in [5.74, 6) is -0.789. The van der Waals surface area contributed by atoms with Crippen LogP contribution in [0.2, 0.25) is 0 Å². The molecule has 170 valence electrons. The molecule has 8 heteroatoms. The highest BCUT2D eigenvalue weighted by Crippen LogP contribution is 2.19. The van der Waals surface area contributed by atoms with Gasteiger partial charge in [0.05, 0.1) is 10.9 Å². The fraction of sp³-hybridized carbons (Fsp3) is 0.333. The molecule has 0 saturated carbocycles. The quantitative estimate of drug-likeness (QED) is 0.408. The summed E-state index contributed by atoms with van der Waals surface area (Å²) in [4.78, 5) is 28.0. The Morgan fingerprint density at radius 2 is 1.81 bits per heavy atom. The minimum atomic E-state index is -3.90. The third kappa shape index (κ3) is 5.44. The molecule has 1 unspecified atom stereocenters. The van der Waals surface area contributed by atoms with Crippen LogP contribution >= 0.6 is 0 Å². The van der Waals surface area contributed by atoms with Crippen LogP contribution in [-0.2, 0) is 26.0 Å². The molecule has 1 amide bonds. The van der Waals surface area contributed by atoms with Gasteiger partial charge < -0.3 is 15.1 Å². The molecule has 0 aliphatic heterocycles. The zero-order valence-electron chi connectivity index (χ0n) is 18.5. The Balaban J connectivity index is 1.77. The molecule has 0 saturated heterocycles. The van der Waals surface area contributed by atoms with Crippen LogP contribution in [-0.4, -0.2) is 37.7 Å². The van der Waals surface area contributed by atoms with Crippen molar-refractivity contribution in [2.45, 2.75) is 50.6 Å². The van der Waals surface area contributed by atoms with E-state index in [1.54, 1.807) is 19.1 Å². The maximum Gasteiger partial charge on any atom is 0.241 e. The van der Waals surface area contributed by atoms with Crippen LogP contribution in [0, 0.1) is 12.8 Å². The molecule has 32 heavy (non-hydrogen) atoms. The summed E-state index contributed by atoms with van der Waals surface area (Å²) >= 11 is 0. The zero-order valence-corrected chi connectivity index (χ0v) is 19.3. The molecule has 3 aromatic rings. The van der Waals surface area contributed by atoms with Crippen molar-refractivity contribution in [3.63, 3.8) is 0 Å². The maximum absolute atomic E-state index is 13.1. The van der Waals surface area contributed by atoms with Gasteiger partial charge in [0, 0.05) is 23.5 Å². The molecular weight excluding hydrogens is 426 g/mol. The topological polar surface area (TPSA) is 108 Å². The van der Waals surface area contributed by atoms with Crippen LogP contribution in [0.4, 0.5) is 0 Å². The van der Waals surface area contributed by atoms with E-state index < -0.39 is 28.0 Å². The van der Waals surface area contributed by atoms with E-state index in [-0.39, 0.29) is 10.8 Å². The number of aromatic nitrogens is 1. The number of carbonyl (C=O) groups is 2. The molecule has 0 aliphatic rings. The number of benzene rings is 2. The number of aldehydes is 1. The minimum Gasteiger partial charge on any atom is -0.361 e. The summed E-state index contributed by atoms with van der Waals surface area (Å²) in [6, 6.07) is 12.4. The summed E-state index contributed by atoms with van der Waals surface area (Å²) < 4.78 is 28.3. The number of aryl methyl sites for hydroxylation is 1. The first-order valence-electron chi connectivity index (χ1n) is 10.6. The number of rotatable bonds is 10. The molecule has 3 rings (SSSR count). The van der Waals surface area contributed by atoms with E-state index in [9.17, 15) is 18.0 Å². The smallest absolute Gasteiger partial charge is 0.241 e. The number of nitrogens with one attached hydrogen (secondary N) is 3. The highest BCUT2D eigenvalue weighted by atomic mass is 32.2. The van der Waals surface area contributed by atoms with Crippen molar-refractivity contribution in [1.29, 1.82) is 0 Å². The Kier molecular flexibility index (Phi) is 7.48. The number of aromatic amines is 1. The number of H-pyrrole nitrogens is 1. The van der Waals surface area contributed by atoms with Crippen molar-refractivity contribution >= 4 is 33.1 Å². The molecule has 1 aromatic heterocycles. The summed E-state index contributed by atoms with van der Waals surface area (Å²) in [7, 11) is -3.90. The fourth-order valence-electron chi connectivity index (χ4n) is 3.56. The third-order valence-corrected chi connectivity index (χ3v) is 7.17. The van der Waals surface area contributed by atoms with Crippen molar-refractivity contribution in [3.8, 4) is 0 Å². The first-order chi connectivity index (χ1) is 15.2. The summed E-state index contributed by atoms with van der Waals surface area (Å²) in [5, 5.41) is 3.70. The molecule has 1 heterocycles. The second kappa shape index (κ2) is 10.1. The maximum atomic E-state index is 13.1. The van der Waals surface area contributed by atoms with Crippen molar-refractivity contribution in [2.75, 3.05) is 0 Å². The summed E-state index contributed by atoms with van der Waals surface area (Å²) in [6.07, 6.45) is 3.39. The van der Waals surface area contributed by atoms with Gasteiger partial charge >= 0.3 is 0 Å².